The summed E-state index contributed by atoms with van der Waals surface area (Å²) in [6.07, 6.45) is 0. The molecule has 0 aliphatic carbocycles. The number of hydrogen-bond donors (Lipinski definition) is 0. The van der Waals surface area contributed by atoms with E-state index in [1.807, 2.05) is 49.4 Å². The van der Waals surface area contributed by atoms with E-state index in [9.17, 15) is 8.42 Å². The standard InChI is InChI=1S/C22H23NO4S/c1-17-6-4-8-19(14-17)23(16-18-7-5-9-21(15-18)27-3)28(24,25)22-12-10-20(26-2)11-13-22/h4-15H,16H2,1-3H3. The largest absolute Gasteiger partial charge is 0.497 e. The van der Waals surface area contributed by atoms with Crippen molar-refractivity contribution in [2.24, 2.45) is 0 Å². The molecule has 0 aromatic heterocycles. The zero-order valence-electron chi connectivity index (χ0n) is 16.1. The van der Waals surface area contributed by atoms with Crippen LogP contribution in [-0.4, -0.2) is 22.6 Å². The lowest BCUT2D eigenvalue weighted by molar-refractivity contribution is 0.414. The Hall–Kier alpha value is -2.99. The van der Waals surface area contributed by atoms with E-state index in [0.717, 1.165) is 11.1 Å². The van der Waals surface area contributed by atoms with Crippen molar-refractivity contribution in [3.8, 4) is 11.5 Å². The van der Waals surface area contributed by atoms with Gasteiger partial charge >= 0.3 is 0 Å². The molecular weight excluding hydrogens is 374 g/mol. The first-order chi connectivity index (χ1) is 13.4. The summed E-state index contributed by atoms with van der Waals surface area (Å²) in [6, 6.07) is 21.3. The third-order valence-corrected chi connectivity index (χ3v) is 6.19. The zero-order chi connectivity index (χ0) is 20.1. The number of hydrogen-bond acceptors (Lipinski definition) is 4. The van der Waals surface area contributed by atoms with E-state index in [1.165, 1.54) is 4.31 Å². The van der Waals surface area contributed by atoms with Gasteiger partial charge in [0, 0.05) is 0 Å². The third kappa shape index (κ3) is 4.28. The molecule has 146 valence electrons. The lowest BCUT2D eigenvalue weighted by atomic mass is 10.2. The van der Waals surface area contributed by atoms with E-state index >= 15 is 0 Å². The Morgan fingerprint density at radius 1 is 0.821 bits per heavy atom. The van der Waals surface area contributed by atoms with Gasteiger partial charge in [0.25, 0.3) is 10.0 Å². The van der Waals surface area contributed by atoms with Crippen molar-refractivity contribution in [1.82, 2.24) is 0 Å². The summed E-state index contributed by atoms with van der Waals surface area (Å²) in [7, 11) is -0.641. The van der Waals surface area contributed by atoms with E-state index in [-0.39, 0.29) is 11.4 Å². The molecule has 0 amide bonds. The number of aryl methyl sites for hydroxylation is 1. The number of nitrogens with zero attached hydrogens (tertiary/aromatic N) is 1. The predicted molar refractivity (Wildman–Crippen MR) is 111 cm³/mol. The molecule has 0 atom stereocenters. The predicted octanol–water partition coefficient (Wildman–Crippen LogP) is 4.41. The second-order valence-corrected chi connectivity index (χ2v) is 8.24. The van der Waals surface area contributed by atoms with Gasteiger partial charge in [-0.3, -0.25) is 4.31 Å². The minimum absolute atomic E-state index is 0.189. The molecule has 28 heavy (non-hydrogen) atoms. The summed E-state index contributed by atoms with van der Waals surface area (Å²) in [4.78, 5) is 0.206. The monoisotopic (exact) mass is 397 g/mol. The van der Waals surface area contributed by atoms with Crippen LogP contribution in [-0.2, 0) is 16.6 Å². The molecule has 3 aromatic carbocycles. The van der Waals surface area contributed by atoms with Crippen LogP contribution in [0.4, 0.5) is 5.69 Å². The minimum Gasteiger partial charge on any atom is -0.497 e. The molecule has 0 unspecified atom stereocenters. The van der Waals surface area contributed by atoms with Gasteiger partial charge in [-0.1, -0.05) is 24.3 Å². The fraction of sp³-hybridized carbons (Fsp3) is 0.182. The van der Waals surface area contributed by atoms with Gasteiger partial charge in [0.15, 0.2) is 0 Å². The van der Waals surface area contributed by atoms with Gasteiger partial charge in [-0.2, -0.15) is 0 Å². The van der Waals surface area contributed by atoms with Gasteiger partial charge in [0.2, 0.25) is 0 Å². The second-order valence-electron chi connectivity index (χ2n) is 6.38. The highest BCUT2D eigenvalue weighted by Crippen LogP contribution is 2.28. The number of sulfonamides is 1. The van der Waals surface area contributed by atoms with Crippen LogP contribution in [0.5, 0.6) is 11.5 Å². The van der Waals surface area contributed by atoms with E-state index in [0.29, 0.717) is 17.2 Å². The number of rotatable bonds is 7. The van der Waals surface area contributed by atoms with Gasteiger partial charge in [-0.15, -0.1) is 0 Å². The molecule has 0 aliphatic rings. The maximum absolute atomic E-state index is 13.5. The van der Waals surface area contributed by atoms with Crippen molar-refractivity contribution in [2.45, 2.75) is 18.4 Å². The Morgan fingerprint density at radius 2 is 1.50 bits per heavy atom. The first kappa shape index (κ1) is 19.8. The van der Waals surface area contributed by atoms with E-state index in [2.05, 4.69) is 0 Å². The summed E-state index contributed by atoms with van der Waals surface area (Å²) >= 11 is 0. The van der Waals surface area contributed by atoms with E-state index in [4.69, 9.17) is 9.47 Å². The third-order valence-electron chi connectivity index (χ3n) is 4.40. The van der Waals surface area contributed by atoms with Crippen LogP contribution in [0.15, 0.2) is 77.7 Å². The maximum Gasteiger partial charge on any atom is 0.264 e. The smallest absolute Gasteiger partial charge is 0.264 e. The quantitative estimate of drug-likeness (QED) is 0.593. The van der Waals surface area contributed by atoms with Gasteiger partial charge in [-0.05, 0) is 66.6 Å². The Bertz CT molecular complexity index is 1050. The molecule has 5 nitrogen and oxygen atoms in total. The van der Waals surface area contributed by atoms with Crippen molar-refractivity contribution >= 4 is 15.7 Å². The van der Waals surface area contributed by atoms with Gasteiger partial charge in [-0.25, -0.2) is 8.42 Å². The first-order valence-electron chi connectivity index (χ1n) is 8.80. The molecule has 0 saturated carbocycles. The van der Waals surface area contributed by atoms with Crippen LogP contribution < -0.4 is 13.8 Å². The molecule has 3 aromatic rings. The number of ether oxygens (including phenoxy) is 2. The fourth-order valence-corrected chi connectivity index (χ4v) is 4.35. The topological polar surface area (TPSA) is 55.8 Å². The lowest BCUT2D eigenvalue weighted by Crippen LogP contribution is -2.30. The molecule has 3 rings (SSSR count). The zero-order valence-corrected chi connectivity index (χ0v) is 16.9. The fourth-order valence-electron chi connectivity index (χ4n) is 2.91. The van der Waals surface area contributed by atoms with Crippen LogP contribution in [0.3, 0.4) is 0 Å². The van der Waals surface area contributed by atoms with Crippen molar-refractivity contribution in [3.05, 3.63) is 83.9 Å². The second kappa shape index (κ2) is 8.35. The lowest BCUT2D eigenvalue weighted by Gasteiger charge is -2.25. The Labute approximate surface area is 166 Å². The first-order valence-corrected chi connectivity index (χ1v) is 10.2. The van der Waals surface area contributed by atoms with Crippen LogP contribution >= 0.6 is 0 Å². The van der Waals surface area contributed by atoms with Crippen LogP contribution in [0, 0.1) is 6.92 Å². The maximum atomic E-state index is 13.5. The van der Waals surface area contributed by atoms with Gasteiger partial charge < -0.3 is 9.47 Å². The SMILES string of the molecule is COc1ccc(S(=O)(=O)N(Cc2cccc(OC)c2)c2cccc(C)c2)cc1. The molecular formula is C22H23NO4S. The molecule has 0 N–H and O–H groups in total. The molecule has 6 heteroatoms. The average Bonchev–Trinajstić information content (AvgIpc) is 2.72. The molecule has 0 heterocycles. The van der Waals surface area contributed by atoms with Crippen LogP contribution in [0.2, 0.25) is 0 Å². The Morgan fingerprint density at radius 3 is 2.14 bits per heavy atom. The summed E-state index contributed by atoms with van der Waals surface area (Å²) in [6.45, 7) is 2.13. The highest BCUT2D eigenvalue weighted by molar-refractivity contribution is 7.92. The number of anilines is 1. The van der Waals surface area contributed by atoms with Crippen LogP contribution in [0.25, 0.3) is 0 Å². The summed E-state index contributed by atoms with van der Waals surface area (Å²) in [5, 5.41) is 0. The Kier molecular flexibility index (Phi) is 5.90. The normalized spacial score (nSPS) is 11.1. The molecule has 0 bridgehead atoms. The number of benzene rings is 3. The molecule has 0 fully saturated rings. The van der Waals surface area contributed by atoms with Gasteiger partial charge in [0.1, 0.15) is 11.5 Å². The van der Waals surface area contributed by atoms with Crippen molar-refractivity contribution in [2.75, 3.05) is 18.5 Å². The minimum atomic E-state index is -3.78. The van der Waals surface area contributed by atoms with Crippen LogP contribution in [0.1, 0.15) is 11.1 Å². The Balaban J connectivity index is 2.06. The van der Waals surface area contributed by atoms with E-state index in [1.54, 1.807) is 44.6 Å². The van der Waals surface area contributed by atoms with Crippen molar-refractivity contribution < 1.29 is 17.9 Å². The molecule has 0 saturated heterocycles. The summed E-state index contributed by atoms with van der Waals surface area (Å²) in [5.41, 5.74) is 2.43. The summed E-state index contributed by atoms with van der Waals surface area (Å²) in [5.74, 6) is 1.29. The number of methoxy groups -OCH3 is 2. The van der Waals surface area contributed by atoms with Crippen molar-refractivity contribution in [3.63, 3.8) is 0 Å². The molecule has 0 radical (unpaired) electrons. The molecule has 0 spiro atoms. The summed E-state index contributed by atoms with van der Waals surface area (Å²) < 4.78 is 38.7. The highest BCUT2D eigenvalue weighted by Gasteiger charge is 2.25. The molecule has 0 aliphatic heterocycles. The van der Waals surface area contributed by atoms with Gasteiger partial charge in [0.05, 0.1) is 31.3 Å². The average molecular weight is 397 g/mol. The van der Waals surface area contributed by atoms with E-state index < -0.39 is 10.0 Å². The van der Waals surface area contributed by atoms with Crippen molar-refractivity contribution in [1.29, 1.82) is 0 Å². The highest BCUT2D eigenvalue weighted by atomic mass is 32.2.